The molecule has 0 aliphatic carbocycles. The van der Waals surface area contributed by atoms with E-state index < -0.39 is 12.2 Å². The molecule has 210 valence electrons. The summed E-state index contributed by atoms with van der Waals surface area (Å²) in [6.45, 7) is 5.27. The summed E-state index contributed by atoms with van der Waals surface area (Å²) in [4.78, 5) is 51.4. The maximum Gasteiger partial charge on any atom is 0.253 e. The Morgan fingerprint density at radius 2 is 1.90 bits per heavy atom. The second-order valence-electron chi connectivity index (χ2n) is 10.1. The Balaban J connectivity index is 1.59. The van der Waals surface area contributed by atoms with Crippen LogP contribution in [0.2, 0.25) is 0 Å². The third-order valence-corrected chi connectivity index (χ3v) is 7.11. The molecule has 12 nitrogen and oxygen atoms in total. The van der Waals surface area contributed by atoms with Crippen molar-refractivity contribution in [3.8, 4) is 11.1 Å². The van der Waals surface area contributed by atoms with Crippen LogP contribution >= 0.6 is 0 Å². The molecule has 0 spiro atoms. The highest BCUT2D eigenvalue weighted by molar-refractivity contribution is 5.99. The quantitative estimate of drug-likeness (QED) is 0.192. The summed E-state index contributed by atoms with van der Waals surface area (Å²) >= 11 is 0. The zero-order chi connectivity index (χ0) is 28.6. The first-order valence-electron chi connectivity index (χ1n) is 13.4. The molecule has 0 bridgehead atoms. The van der Waals surface area contributed by atoms with Gasteiger partial charge in [-0.1, -0.05) is 46.8 Å². The molecule has 2 aliphatic rings. The number of amides is 2. The molecule has 2 heterocycles. The maximum atomic E-state index is 13.5. The molecule has 1 saturated heterocycles. The molecule has 2 aliphatic heterocycles. The van der Waals surface area contributed by atoms with Gasteiger partial charge in [0.2, 0.25) is 5.91 Å². The largest absolute Gasteiger partial charge is 0.361 e. The van der Waals surface area contributed by atoms with E-state index in [-0.39, 0.29) is 30.8 Å². The van der Waals surface area contributed by atoms with Gasteiger partial charge in [0.05, 0.1) is 0 Å². The second kappa shape index (κ2) is 13.0. The van der Waals surface area contributed by atoms with Crippen LogP contribution in [0, 0.1) is 9.81 Å². The Bertz CT molecular complexity index is 1310. The van der Waals surface area contributed by atoms with E-state index in [4.69, 9.17) is 5.84 Å². The van der Waals surface area contributed by atoms with Gasteiger partial charge >= 0.3 is 0 Å². The lowest BCUT2D eigenvalue weighted by Crippen LogP contribution is -2.38. The number of rotatable bonds is 10. The summed E-state index contributed by atoms with van der Waals surface area (Å²) in [7, 11) is 0. The molecule has 1 fully saturated rings. The highest BCUT2D eigenvalue weighted by Crippen LogP contribution is 2.32. The third kappa shape index (κ3) is 6.56. The van der Waals surface area contributed by atoms with E-state index in [2.05, 4.69) is 26.0 Å². The van der Waals surface area contributed by atoms with Crippen LogP contribution in [0.25, 0.3) is 17.2 Å². The standard InChI is InChI=1S/C28H34N8O4/c1-3-11-35(16-18(2)32-39)28(38)23-13-22-9-8-21(14-25(22)30-26(15-23)31-34-29)19-4-6-20(7-5-19)27(37)36-12-10-24(17-36)33-40/h4-9,13-14,18,24,26,30H,3,10-12,15-17H2,1-2H3,(H2,29,31). The van der Waals surface area contributed by atoms with E-state index >= 15 is 0 Å². The predicted molar refractivity (Wildman–Crippen MR) is 153 cm³/mol. The van der Waals surface area contributed by atoms with E-state index in [1.807, 2.05) is 43.3 Å². The SMILES string of the molecule is CCCN(CC(C)N=O)C(=O)C1=Cc2ccc(-c3ccc(C(=O)N4CCC(N=O)C4)cc3)cc2NC(N=NN)C1. The van der Waals surface area contributed by atoms with Crippen LogP contribution < -0.4 is 11.2 Å². The summed E-state index contributed by atoms with van der Waals surface area (Å²) < 4.78 is 0. The Labute approximate surface area is 232 Å². The molecule has 3 N–H and O–H groups in total. The van der Waals surface area contributed by atoms with Gasteiger partial charge in [-0.2, -0.15) is 9.81 Å². The van der Waals surface area contributed by atoms with E-state index in [1.165, 1.54) is 0 Å². The third-order valence-electron chi connectivity index (χ3n) is 7.11. The molecule has 0 radical (unpaired) electrons. The average molecular weight is 547 g/mol. The number of fused-ring (bicyclic) bond motifs is 1. The highest BCUT2D eigenvalue weighted by Gasteiger charge is 2.28. The summed E-state index contributed by atoms with van der Waals surface area (Å²) in [5.41, 5.74) is 4.45. The van der Waals surface area contributed by atoms with Crippen molar-refractivity contribution >= 4 is 23.6 Å². The fraction of sp³-hybridized carbons (Fsp3) is 0.429. The summed E-state index contributed by atoms with van der Waals surface area (Å²) in [5.74, 6) is 5.07. The van der Waals surface area contributed by atoms with E-state index in [0.29, 0.717) is 37.2 Å². The molecular weight excluding hydrogens is 512 g/mol. The Morgan fingerprint density at radius 3 is 2.55 bits per heavy atom. The van der Waals surface area contributed by atoms with Crippen LogP contribution in [0.5, 0.6) is 0 Å². The van der Waals surface area contributed by atoms with Gasteiger partial charge in [-0.25, -0.2) is 0 Å². The van der Waals surface area contributed by atoms with Crippen molar-refractivity contribution < 1.29 is 9.59 Å². The second-order valence-corrected chi connectivity index (χ2v) is 10.1. The van der Waals surface area contributed by atoms with Gasteiger partial charge in [0.1, 0.15) is 18.2 Å². The van der Waals surface area contributed by atoms with Crippen molar-refractivity contribution in [2.75, 3.05) is 31.5 Å². The van der Waals surface area contributed by atoms with Gasteiger partial charge in [-0.05, 0) is 60.7 Å². The normalized spacial score (nSPS) is 19.2. The lowest BCUT2D eigenvalue weighted by atomic mass is 10.00. The number of carbonyl (C=O) groups excluding carboxylic acids is 2. The van der Waals surface area contributed by atoms with E-state index in [1.54, 1.807) is 28.9 Å². The zero-order valence-electron chi connectivity index (χ0n) is 22.7. The first-order chi connectivity index (χ1) is 19.4. The Hall–Kier alpha value is -4.48. The summed E-state index contributed by atoms with van der Waals surface area (Å²) in [5, 5.41) is 17.0. The van der Waals surface area contributed by atoms with Crippen LogP contribution in [0.4, 0.5) is 5.69 Å². The molecule has 40 heavy (non-hydrogen) atoms. The topological polar surface area (TPSA) is 162 Å². The van der Waals surface area contributed by atoms with Crippen LogP contribution in [0.1, 0.15) is 49.0 Å². The number of nitrogens with zero attached hydrogens (tertiary/aromatic N) is 6. The fourth-order valence-corrected chi connectivity index (χ4v) is 5.07. The van der Waals surface area contributed by atoms with Crippen molar-refractivity contribution in [2.45, 2.75) is 51.4 Å². The molecule has 0 aromatic heterocycles. The first kappa shape index (κ1) is 28.5. The monoisotopic (exact) mass is 546 g/mol. The number of nitroso groups, excluding NO2 is 2. The van der Waals surface area contributed by atoms with Crippen LogP contribution in [0.3, 0.4) is 0 Å². The van der Waals surface area contributed by atoms with Crippen molar-refractivity contribution in [3.63, 3.8) is 0 Å². The van der Waals surface area contributed by atoms with Gasteiger partial charge in [0, 0.05) is 49.4 Å². The van der Waals surface area contributed by atoms with Gasteiger partial charge in [-0.3, -0.25) is 9.59 Å². The van der Waals surface area contributed by atoms with Crippen molar-refractivity contribution in [2.24, 2.45) is 26.5 Å². The number of hydrogen-bond donors (Lipinski definition) is 2. The minimum absolute atomic E-state index is 0.117. The number of nitrogens with two attached hydrogens (primary N) is 1. The smallest absolute Gasteiger partial charge is 0.253 e. The number of anilines is 1. The highest BCUT2D eigenvalue weighted by atomic mass is 16.3. The predicted octanol–water partition coefficient (Wildman–Crippen LogP) is 4.58. The number of nitrogens with one attached hydrogen (secondary N) is 1. The fourth-order valence-electron chi connectivity index (χ4n) is 5.07. The molecule has 4 rings (SSSR count). The van der Waals surface area contributed by atoms with Gasteiger partial charge < -0.3 is 21.0 Å². The molecule has 0 saturated carbocycles. The lowest BCUT2D eigenvalue weighted by Gasteiger charge is -2.24. The van der Waals surface area contributed by atoms with Crippen LogP contribution in [0.15, 0.2) is 68.7 Å². The van der Waals surface area contributed by atoms with Crippen LogP contribution in [-0.2, 0) is 4.79 Å². The molecule has 2 amide bonds. The molecule has 2 aromatic rings. The molecule has 2 aromatic carbocycles. The van der Waals surface area contributed by atoms with Gasteiger partial charge in [-0.15, -0.1) is 5.11 Å². The number of hydrogen-bond acceptors (Lipinski definition) is 9. The Kier molecular flexibility index (Phi) is 9.31. The van der Waals surface area contributed by atoms with E-state index in [0.717, 1.165) is 28.8 Å². The number of benzene rings is 2. The first-order valence-corrected chi connectivity index (χ1v) is 13.4. The van der Waals surface area contributed by atoms with Gasteiger partial charge in [0.25, 0.3) is 5.91 Å². The van der Waals surface area contributed by atoms with Crippen molar-refractivity contribution in [3.05, 3.63) is 69.0 Å². The van der Waals surface area contributed by atoms with Crippen molar-refractivity contribution in [1.29, 1.82) is 0 Å². The summed E-state index contributed by atoms with van der Waals surface area (Å²) in [6.07, 6.45) is 2.87. The molecule has 12 heteroatoms. The van der Waals surface area contributed by atoms with Gasteiger partial charge in [0.15, 0.2) is 0 Å². The van der Waals surface area contributed by atoms with Crippen LogP contribution in [-0.4, -0.2) is 66.0 Å². The van der Waals surface area contributed by atoms with Crippen molar-refractivity contribution in [1.82, 2.24) is 9.80 Å². The minimum atomic E-state index is -0.563. The molecule has 3 atom stereocenters. The molecular formula is C28H34N8O4. The zero-order valence-corrected chi connectivity index (χ0v) is 22.7. The van der Waals surface area contributed by atoms with E-state index in [9.17, 15) is 19.4 Å². The molecule has 3 unspecified atom stereocenters. The number of carbonyl (C=O) groups is 2. The summed E-state index contributed by atoms with van der Waals surface area (Å²) in [6, 6.07) is 12.3. The maximum absolute atomic E-state index is 13.5. The lowest BCUT2D eigenvalue weighted by molar-refractivity contribution is -0.127. The number of likely N-dealkylation sites (tertiary alicyclic amines) is 1. The minimum Gasteiger partial charge on any atom is -0.361 e. The Morgan fingerprint density at radius 1 is 1.15 bits per heavy atom. The average Bonchev–Trinajstić information content (AvgIpc) is 3.38.